The number of ketones is 2. The van der Waals surface area contributed by atoms with Gasteiger partial charge >= 0.3 is 0 Å². The molecule has 0 amide bonds. The van der Waals surface area contributed by atoms with Crippen molar-refractivity contribution in [2.24, 2.45) is 5.92 Å². The summed E-state index contributed by atoms with van der Waals surface area (Å²) < 4.78 is 0. The van der Waals surface area contributed by atoms with E-state index < -0.39 is 0 Å². The van der Waals surface area contributed by atoms with Crippen LogP contribution < -0.4 is 0 Å². The molecule has 0 fully saturated rings. The molecule has 12 heavy (non-hydrogen) atoms. The molecule has 0 saturated carbocycles. The second-order valence-corrected chi connectivity index (χ2v) is 2.96. The second-order valence-electron chi connectivity index (χ2n) is 2.96. The molecule has 0 aliphatic rings. The molecule has 1 atom stereocenters. The number of carbonyl (C=O) groups excluding carboxylic acids is 3. The van der Waals surface area contributed by atoms with Crippen LogP contribution in [-0.2, 0) is 14.4 Å². The monoisotopic (exact) mass is 170 g/mol. The third kappa shape index (κ3) is 4.77. The second kappa shape index (κ2) is 5.63. The minimum Gasteiger partial charge on any atom is -0.303 e. The Morgan fingerprint density at radius 3 is 2.42 bits per heavy atom. The van der Waals surface area contributed by atoms with Gasteiger partial charge in [0.2, 0.25) is 0 Å². The average Bonchev–Trinajstić information content (AvgIpc) is 2.00. The maximum Gasteiger partial charge on any atom is 0.139 e. The van der Waals surface area contributed by atoms with Crippen molar-refractivity contribution in [1.29, 1.82) is 0 Å². The summed E-state index contributed by atoms with van der Waals surface area (Å²) in [6.45, 7) is 3.30. The summed E-state index contributed by atoms with van der Waals surface area (Å²) >= 11 is 0. The number of hydrogen-bond donors (Lipinski definition) is 0. The van der Waals surface area contributed by atoms with Crippen LogP contribution in [0.5, 0.6) is 0 Å². The Morgan fingerprint density at radius 1 is 1.42 bits per heavy atom. The zero-order valence-electron chi connectivity index (χ0n) is 7.50. The molecule has 0 saturated heterocycles. The molecule has 0 radical (unpaired) electrons. The largest absolute Gasteiger partial charge is 0.303 e. The molecular weight excluding hydrogens is 156 g/mol. The van der Waals surface area contributed by atoms with Crippen LogP contribution in [0.4, 0.5) is 0 Å². The van der Waals surface area contributed by atoms with Crippen molar-refractivity contribution in [3.8, 4) is 0 Å². The summed E-state index contributed by atoms with van der Waals surface area (Å²) in [5.41, 5.74) is 0. The zero-order chi connectivity index (χ0) is 9.56. The van der Waals surface area contributed by atoms with Crippen molar-refractivity contribution >= 4 is 17.9 Å². The third-order valence-electron chi connectivity index (χ3n) is 1.86. The first kappa shape index (κ1) is 11.0. The summed E-state index contributed by atoms with van der Waals surface area (Å²) in [6, 6.07) is 0. The number of aldehydes is 1. The SMILES string of the molecule is CC(=O)C(C)CCC(=O)CC=O. The van der Waals surface area contributed by atoms with Gasteiger partial charge in [0, 0.05) is 12.3 Å². The molecular formula is C9H14O3. The van der Waals surface area contributed by atoms with Crippen LogP contribution in [-0.4, -0.2) is 17.9 Å². The molecule has 0 aromatic rings. The fourth-order valence-corrected chi connectivity index (χ4v) is 0.776. The maximum atomic E-state index is 10.8. The molecule has 68 valence electrons. The van der Waals surface area contributed by atoms with Crippen LogP contribution in [0, 0.1) is 5.92 Å². The van der Waals surface area contributed by atoms with Gasteiger partial charge < -0.3 is 4.79 Å². The van der Waals surface area contributed by atoms with E-state index in [-0.39, 0.29) is 23.9 Å². The van der Waals surface area contributed by atoms with E-state index in [2.05, 4.69) is 0 Å². The van der Waals surface area contributed by atoms with Crippen LogP contribution in [0.25, 0.3) is 0 Å². The summed E-state index contributed by atoms with van der Waals surface area (Å²) in [7, 11) is 0. The van der Waals surface area contributed by atoms with Crippen molar-refractivity contribution in [2.75, 3.05) is 0 Å². The highest BCUT2D eigenvalue weighted by atomic mass is 16.1. The summed E-state index contributed by atoms with van der Waals surface area (Å²) in [6.07, 6.45) is 1.47. The molecule has 0 N–H and O–H groups in total. The van der Waals surface area contributed by atoms with Crippen molar-refractivity contribution in [1.82, 2.24) is 0 Å². The lowest BCUT2D eigenvalue weighted by Gasteiger charge is -2.04. The minimum absolute atomic E-state index is 0.0232. The Bertz CT molecular complexity index is 184. The summed E-state index contributed by atoms with van der Waals surface area (Å²) in [4.78, 5) is 31.5. The number of Topliss-reactive ketones (excluding diaryl/α,β-unsaturated/α-hetero) is 2. The standard InChI is InChI=1S/C9H14O3/c1-7(8(2)11)3-4-9(12)5-6-10/h6-7H,3-5H2,1-2H3. The quantitative estimate of drug-likeness (QED) is 0.444. The predicted octanol–water partition coefficient (Wildman–Crippen LogP) is 1.15. The summed E-state index contributed by atoms with van der Waals surface area (Å²) in [5.74, 6) is -0.0624. The first-order valence-electron chi connectivity index (χ1n) is 4.03. The molecule has 0 aliphatic heterocycles. The van der Waals surface area contributed by atoms with Crippen molar-refractivity contribution in [3.63, 3.8) is 0 Å². The Labute approximate surface area is 72.1 Å². The van der Waals surface area contributed by atoms with Gasteiger partial charge in [-0.15, -0.1) is 0 Å². The number of rotatable bonds is 6. The van der Waals surface area contributed by atoms with Gasteiger partial charge in [-0.25, -0.2) is 0 Å². The molecule has 1 unspecified atom stereocenters. The minimum atomic E-state index is -0.0851. The fourth-order valence-electron chi connectivity index (χ4n) is 0.776. The molecule has 0 heterocycles. The van der Waals surface area contributed by atoms with E-state index >= 15 is 0 Å². The highest BCUT2D eigenvalue weighted by Crippen LogP contribution is 2.07. The van der Waals surface area contributed by atoms with E-state index in [4.69, 9.17) is 0 Å². The molecule has 0 bridgehead atoms. The normalized spacial score (nSPS) is 12.2. The average molecular weight is 170 g/mol. The topological polar surface area (TPSA) is 51.2 Å². The molecule has 0 spiro atoms. The van der Waals surface area contributed by atoms with Crippen LogP contribution in [0.2, 0.25) is 0 Å². The van der Waals surface area contributed by atoms with Gasteiger partial charge in [0.25, 0.3) is 0 Å². The van der Waals surface area contributed by atoms with Crippen LogP contribution >= 0.6 is 0 Å². The third-order valence-corrected chi connectivity index (χ3v) is 1.86. The maximum absolute atomic E-state index is 10.8. The van der Waals surface area contributed by atoms with E-state index in [0.717, 1.165) is 0 Å². The highest BCUT2D eigenvalue weighted by molar-refractivity contribution is 5.90. The van der Waals surface area contributed by atoms with Crippen molar-refractivity contribution < 1.29 is 14.4 Å². The van der Waals surface area contributed by atoms with E-state index in [1.807, 2.05) is 0 Å². The van der Waals surface area contributed by atoms with Crippen LogP contribution in [0.1, 0.15) is 33.1 Å². The number of hydrogen-bond acceptors (Lipinski definition) is 3. The predicted molar refractivity (Wildman–Crippen MR) is 44.8 cm³/mol. The first-order valence-corrected chi connectivity index (χ1v) is 4.03. The fraction of sp³-hybridized carbons (Fsp3) is 0.667. The Balaban J connectivity index is 3.60. The van der Waals surface area contributed by atoms with Crippen molar-refractivity contribution in [2.45, 2.75) is 33.1 Å². The smallest absolute Gasteiger partial charge is 0.139 e. The Hall–Kier alpha value is -0.990. The lowest BCUT2D eigenvalue weighted by atomic mass is 9.99. The Kier molecular flexibility index (Phi) is 5.17. The van der Waals surface area contributed by atoms with E-state index in [0.29, 0.717) is 19.1 Å². The zero-order valence-corrected chi connectivity index (χ0v) is 7.50. The molecule has 3 heteroatoms. The van der Waals surface area contributed by atoms with Gasteiger partial charge in [0.1, 0.15) is 17.9 Å². The lowest BCUT2D eigenvalue weighted by molar-refractivity contribution is -0.123. The van der Waals surface area contributed by atoms with Gasteiger partial charge in [-0.3, -0.25) is 9.59 Å². The van der Waals surface area contributed by atoms with Crippen LogP contribution in [0.15, 0.2) is 0 Å². The molecule has 0 rings (SSSR count). The van der Waals surface area contributed by atoms with Gasteiger partial charge in [-0.05, 0) is 13.3 Å². The molecule has 3 nitrogen and oxygen atoms in total. The molecule has 0 aromatic heterocycles. The van der Waals surface area contributed by atoms with Crippen molar-refractivity contribution in [3.05, 3.63) is 0 Å². The van der Waals surface area contributed by atoms with Gasteiger partial charge in [0.05, 0.1) is 6.42 Å². The molecule has 0 aromatic carbocycles. The lowest BCUT2D eigenvalue weighted by Crippen LogP contribution is -2.09. The van der Waals surface area contributed by atoms with Gasteiger partial charge in [-0.2, -0.15) is 0 Å². The Morgan fingerprint density at radius 2 is 2.00 bits per heavy atom. The van der Waals surface area contributed by atoms with Gasteiger partial charge in [-0.1, -0.05) is 6.92 Å². The number of carbonyl (C=O) groups is 3. The van der Waals surface area contributed by atoms with Crippen LogP contribution in [0.3, 0.4) is 0 Å². The highest BCUT2D eigenvalue weighted by Gasteiger charge is 2.09. The van der Waals surface area contributed by atoms with E-state index in [1.54, 1.807) is 6.92 Å². The van der Waals surface area contributed by atoms with Gasteiger partial charge in [0.15, 0.2) is 0 Å². The van der Waals surface area contributed by atoms with E-state index in [1.165, 1.54) is 6.92 Å². The first-order chi connectivity index (χ1) is 5.57. The van der Waals surface area contributed by atoms with E-state index in [9.17, 15) is 14.4 Å². The molecule has 0 aliphatic carbocycles. The summed E-state index contributed by atoms with van der Waals surface area (Å²) in [5, 5.41) is 0.